The van der Waals surface area contributed by atoms with Crippen molar-refractivity contribution in [1.82, 2.24) is 0 Å². The Kier molecular flexibility index (Phi) is 5.25. The Morgan fingerprint density at radius 1 is 0.545 bits per heavy atom. The topological polar surface area (TPSA) is 0 Å². The zero-order valence-electron chi connectivity index (χ0n) is 14.2. The molecule has 0 unspecified atom stereocenters. The van der Waals surface area contributed by atoms with Gasteiger partial charge in [-0.3, -0.25) is 0 Å². The molecule has 2 atom stereocenters. The molecule has 0 aliphatic heterocycles. The number of hydrogen-bond acceptors (Lipinski definition) is 0. The van der Waals surface area contributed by atoms with E-state index in [0.29, 0.717) is 0 Å². The van der Waals surface area contributed by atoms with Gasteiger partial charge in [0, 0.05) is 0 Å². The van der Waals surface area contributed by atoms with Crippen LogP contribution >= 0.6 is 23.2 Å². The molecule has 0 fully saturated rings. The lowest BCUT2D eigenvalue weighted by Gasteiger charge is -2.24. The van der Waals surface area contributed by atoms with Crippen LogP contribution < -0.4 is 0 Å². The monoisotopic (exact) mass is 334 g/mol. The second-order valence-corrected chi connectivity index (χ2v) is 7.37. The van der Waals surface area contributed by atoms with E-state index in [4.69, 9.17) is 23.2 Å². The SMILES string of the molecule is Cc1cc(C)c([C@H](Cl)[C@@H](Cl)c2c(C)cc(C)cc2C)c(C)c1. The minimum Gasteiger partial charge on any atom is -0.116 e. The van der Waals surface area contributed by atoms with Gasteiger partial charge in [-0.15, -0.1) is 23.2 Å². The second-order valence-electron chi connectivity index (χ2n) is 6.43. The number of benzene rings is 2. The lowest BCUT2D eigenvalue weighted by molar-refractivity contribution is 0.848. The Bertz CT molecular complexity index is 593. The third-order valence-corrected chi connectivity index (χ3v) is 5.35. The van der Waals surface area contributed by atoms with E-state index in [9.17, 15) is 0 Å². The minimum atomic E-state index is -0.234. The standard InChI is InChI=1S/C20H24Cl2/c1-11-7-13(3)17(14(4)8-11)19(21)20(22)18-15(5)9-12(2)10-16(18)6/h7-10,19-20H,1-6H3/t19-,20-/m0/s1. The van der Waals surface area contributed by atoms with E-state index in [0.717, 1.165) is 11.1 Å². The summed E-state index contributed by atoms with van der Waals surface area (Å²) in [6.07, 6.45) is 0. The summed E-state index contributed by atoms with van der Waals surface area (Å²) >= 11 is 13.6. The zero-order valence-corrected chi connectivity index (χ0v) is 15.7. The van der Waals surface area contributed by atoms with Gasteiger partial charge in [-0.05, 0) is 74.9 Å². The predicted molar refractivity (Wildman–Crippen MR) is 98.5 cm³/mol. The predicted octanol–water partition coefficient (Wildman–Crippen LogP) is 6.80. The molecule has 0 saturated carbocycles. The van der Waals surface area contributed by atoms with E-state index in [2.05, 4.69) is 65.8 Å². The molecule has 0 amide bonds. The van der Waals surface area contributed by atoms with Gasteiger partial charge < -0.3 is 0 Å². The Hall–Kier alpha value is -0.980. The van der Waals surface area contributed by atoms with Crippen LogP contribution in [0.2, 0.25) is 0 Å². The molecule has 0 aliphatic carbocycles. The van der Waals surface area contributed by atoms with Crippen LogP contribution in [-0.4, -0.2) is 0 Å². The molecule has 0 saturated heterocycles. The molecule has 0 radical (unpaired) electrons. The molecule has 0 heterocycles. The first-order valence-corrected chi connectivity index (χ1v) is 8.53. The highest BCUT2D eigenvalue weighted by Gasteiger charge is 2.26. The number of rotatable bonds is 3. The average Bonchev–Trinajstić information content (AvgIpc) is 2.35. The number of aryl methyl sites for hydroxylation is 6. The average molecular weight is 335 g/mol. The van der Waals surface area contributed by atoms with Crippen LogP contribution in [0.25, 0.3) is 0 Å². The molecule has 0 aromatic heterocycles. The van der Waals surface area contributed by atoms with Crippen molar-refractivity contribution < 1.29 is 0 Å². The Morgan fingerprint density at radius 3 is 1.00 bits per heavy atom. The molecular weight excluding hydrogens is 311 g/mol. The fourth-order valence-corrected chi connectivity index (χ4v) is 4.49. The Balaban J connectivity index is 2.49. The lowest BCUT2D eigenvalue weighted by atomic mass is 9.90. The third-order valence-electron chi connectivity index (χ3n) is 4.28. The van der Waals surface area contributed by atoms with Crippen LogP contribution in [0.3, 0.4) is 0 Å². The molecule has 2 aromatic rings. The smallest absolute Gasteiger partial charge is 0.0795 e. The van der Waals surface area contributed by atoms with Crippen LogP contribution in [0.5, 0.6) is 0 Å². The molecule has 0 bridgehead atoms. The van der Waals surface area contributed by atoms with E-state index >= 15 is 0 Å². The van der Waals surface area contributed by atoms with Crippen molar-refractivity contribution in [2.24, 2.45) is 0 Å². The van der Waals surface area contributed by atoms with Gasteiger partial charge in [0.1, 0.15) is 0 Å². The van der Waals surface area contributed by atoms with Crippen molar-refractivity contribution in [1.29, 1.82) is 0 Å². The summed E-state index contributed by atoms with van der Waals surface area (Å²) in [6.45, 7) is 12.7. The molecule has 0 aliphatic rings. The first-order valence-electron chi connectivity index (χ1n) is 7.66. The van der Waals surface area contributed by atoms with Gasteiger partial charge in [-0.25, -0.2) is 0 Å². The maximum Gasteiger partial charge on any atom is 0.0795 e. The molecule has 22 heavy (non-hydrogen) atoms. The first kappa shape index (κ1) is 17.4. The summed E-state index contributed by atoms with van der Waals surface area (Å²) in [5.41, 5.74) is 9.69. The summed E-state index contributed by atoms with van der Waals surface area (Å²) in [4.78, 5) is 0. The fourth-order valence-electron chi connectivity index (χ4n) is 3.55. The van der Waals surface area contributed by atoms with Gasteiger partial charge in [0.05, 0.1) is 10.8 Å². The van der Waals surface area contributed by atoms with Gasteiger partial charge in [-0.2, -0.15) is 0 Å². The van der Waals surface area contributed by atoms with Crippen molar-refractivity contribution >= 4 is 23.2 Å². The number of alkyl halides is 2. The van der Waals surface area contributed by atoms with Gasteiger partial charge in [-0.1, -0.05) is 35.4 Å². The quantitative estimate of drug-likeness (QED) is 0.541. The van der Waals surface area contributed by atoms with Crippen molar-refractivity contribution in [3.05, 3.63) is 68.8 Å². The molecule has 2 aromatic carbocycles. The summed E-state index contributed by atoms with van der Waals surface area (Å²) in [6, 6.07) is 8.71. The van der Waals surface area contributed by atoms with Crippen molar-refractivity contribution in [3.63, 3.8) is 0 Å². The molecule has 2 heteroatoms. The van der Waals surface area contributed by atoms with Crippen molar-refractivity contribution in [2.75, 3.05) is 0 Å². The van der Waals surface area contributed by atoms with Crippen LogP contribution in [0.4, 0.5) is 0 Å². The number of halogens is 2. The van der Waals surface area contributed by atoms with Crippen LogP contribution in [0, 0.1) is 41.5 Å². The zero-order chi connectivity index (χ0) is 16.6. The maximum atomic E-state index is 6.81. The third kappa shape index (κ3) is 3.34. The molecular formula is C20H24Cl2. The molecule has 118 valence electrons. The van der Waals surface area contributed by atoms with E-state index in [1.54, 1.807) is 0 Å². The van der Waals surface area contributed by atoms with E-state index in [1.165, 1.54) is 33.4 Å². The lowest BCUT2D eigenvalue weighted by Crippen LogP contribution is -2.08. The highest BCUT2D eigenvalue weighted by molar-refractivity contribution is 6.30. The van der Waals surface area contributed by atoms with Crippen LogP contribution in [0.15, 0.2) is 24.3 Å². The van der Waals surface area contributed by atoms with E-state index < -0.39 is 0 Å². The molecule has 2 rings (SSSR count). The minimum absolute atomic E-state index is 0.234. The molecule has 0 spiro atoms. The van der Waals surface area contributed by atoms with E-state index in [-0.39, 0.29) is 10.8 Å². The van der Waals surface area contributed by atoms with Crippen molar-refractivity contribution in [2.45, 2.75) is 52.3 Å². The van der Waals surface area contributed by atoms with Gasteiger partial charge in [0.15, 0.2) is 0 Å². The maximum absolute atomic E-state index is 6.81. The Morgan fingerprint density at radius 2 is 0.773 bits per heavy atom. The van der Waals surface area contributed by atoms with Crippen molar-refractivity contribution in [3.8, 4) is 0 Å². The van der Waals surface area contributed by atoms with Gasteiger partial charge in [0.2, 0.25) is 0 Å². The fraction of sp³-hybridized carbons (Fsp3) is 0.400. The summed E-state index contributed by atoms with van der Waals surface area (Å²) in [5.74, 6) is 0. The largest absolute Gasteiger partial charge is 0.116 e. The van der Waals surface area contributed by atoms with Crippen LogP contribution in [-0.2, 0) is 0 Å². The highest BCUT2D eigenvalue weighted by Crippen LogP contribution is 2.44. The summed E-state index contributed by atoms with van der Waals surface area (Å²) < 4.78 is 0. The first-order chi connectivity index (χ1) is 10.2. The van der Waals surface area contributed by atoms with Gasteiger partial charge >= 0.3 is 0 Å². The highest BCUT2D eigenvalue weighted by atomic mass is 35.5. The van der Waals surface area contributed by atoms with Crippen LogP contribution in [0.1, 0.15) is 55.3 Å². The molecule has 0 nitrogen and oxygen atoms in total. The second kappa shape index (κ2) is 6.64. The van der Waals surface area contributed by atoms with Gasteiger partial charge in [0.25, 0.3) is 0 Å². The van der Waals surface area contributed by atoms with E-state index in [1.807, 2.05) is 0 Å². The summed E-state index contributed by atoms with van der Waals surface area (Å²) in [7, 11) is 0. The summed E-state index contributed by atoms with van der Waals surface area (Å²) in [5, 5.41) is -0.468. The molecule has 0 N–H and O–H groups in total. The number of hydrogen-bond donors (Lipinski definition) is 0. The normalized spacial score (nSPS) is 14.0. The Labute approximate surface area is 144 Å².